The molecular formula is C22H32NO2+. The molecule has 0 bridgehead atoms. The topological polar surface area (TPSA) is 39.0 Å². The van der Waals surface area contributed by atoms with E-state index in [1.54, 1.807) is 6.26 Å². The van der Waals surface area contributed by atoms with Crippen LogP contribution in [0.3, 0.4) is 0 Å². The highest BCUT2D eigenvalue weighted by Gasteiger charge is 2.39. The van der Waals surface area contributed by atoms with E-state index in [1.807, 2.05) is 6.07 Å². The van der Waals surface area contributed by atoms with E-state index in [4.69, 9.17) is 9.15 Å². The van der Waals surface area contributed by atoms with Crippen LogP contribution in [0.25, 0.3) is 0 Å². The molecule has 2 atom stereocenters. The van der Waals surface area contributed by atoms with Crippen molar-refractivity contribution >= 4 is 0 Å². The lowest BCUT2D eigenvalue weighted by atomic mass is 9.68. The average molecular weight is 343 g/mol. The molecule has 136 valence electrons. The Morgan fingerprint density at radius 1 is 1.20 bits per heavy atom. The average Bonchev–Trinajstić information content (AvgIpc) is 3.13. The number of nitrogens with two attached hydrogens (primary N) is 1. The van der Waals surface area contributed by atoms with Crippen LogP contribution in [-0.4, -0.2) is 19.3 Å². The highest BCUT2D eigenvalue weighted by molar-refractivity contribution is 5.29. The summed E-state index contributed by atoms with van der Waals surface area (Å²) in [5, 5.41) is 2.37. The maximum absolute atomic E-state index is 6.08. The zero-order valence-corrected chi connectivity index (χ0v) is 15.8. The first-order valence-corrected chi connectivity index (χ1v) is 9.62. The molecule has 25 heavy (non-hydrogen) atoms. The van der Waals surface area contributed by atoms with Gasteiger partial charge in [0.1, 0.15) is 6.54 Å². The molecule has 2 aromatic rings. The molecule has 0 amide bonds. The highest BCUT2D eigenvalue weighted by atomic mass is 16.5. The van der Waals surface area contributed by atoms with Crippen molar-refractivity contribution in [3.05, 3.63) is 59.5 Å². The second kappa shape index (κ2) is 8.20. The minimum absolute atomic E-state index is 0.237. The Balaban J connectivity index is 1.70. The molecule has 3 nitrogen and oxygen atoms in total. The highest BCUT2D eigenvalue weighted by Crippen LogP contribution is 2.41. The largest absolute Gasteiger partial charge is 0.463 e. The normalized spacial score (nSPS) is 23.9. The van der Waals surface area contributed by atoms with Crippen LogP contribution in [0.4, 0.5) is 0 Å². The van der Waals surface area contributed by atoms with Gasteiger partial charge in [-0.25, -0.2) is 0 Å². The summed E-state index contributed by atoms with van der Waals surface area (Å²) in [6, 6.07) is 13.2. The molecular weight excluding hydrogens is 310 g/mol. The third kappa shape index (κ3) is 4.53. The van der Waals surface area contributed by atoms with Crippen LogP contribution in [0.2, 0.25) is 0 Å². The molecule has 2 heterocycles. The summed E-state index contributed by atoms with van der Waals surface area (Å²) in [6.07, 6.45) is 5.54. The summed E-state index contributed by atoms with van der Waals surface area (Å²) in [5.74, 6) is 1.62. The summed E-state index contributed by atoms with van der Waals surface area (Å²) >= 11 is 0. The molecule has 1 aromatic heterocycles. The lowest BCUT2D eigenvalue weighted by molar-refractivity contribution is -0.673. The van der Waals surface area contributed by atoms with Gasteiger partial charge in [0.05, 0.1) is 18.9 Å². The van der Waals surface area contributed by atoms with Gasteiger partial charge in [-0.1, -0.05) is 43.7 Å². The molecule has 1 aromatic carbocycles. The quantitative estimate of drug-likeness (QED) is 0.777. The van der Waals surface area contributed by atoms with Crippen LogP contribution in [0.1, 0.15) is 50.0 Å². The van der Waals surface area contributed by atoms with E-state index < -0.39 is 0 Å². The van der Waals surface area contributed by atoms with Crippen molar-refractivity contribution < 1.29 is 14.5 Å². The summed E-state index contributed by atoms with van der Waals surface area (Å²) < 4.78 is 11.5. The van der Waals surface area contributed by atoms with Crippen LogP contribution < -0.4 is 5.32 Å². The van der Waals surface area contributed by atoms with E-state index in [1.165, 1.54) is 17.5 Å². The number of hydrogen-bond acceptors (Lipinski definition) is 2. The Kier molecular flexibility index (Phi) is 5.98. The minimum Gasteiger partial charge on any atom is -0.463 e. The van der Waals surface area contributed by atoms with E-state index in [9.17, 15) is 0 Å². The molecule has 0 saturated carbocycles. The maximum atomic E-state index is 6.08. The van der Waals surface area contributed by atoms with Crippen molar-refractivity contribution in [3.8, 4) is 0 Å². The first kappa shape index (κ1) is 18.2. The van der Waals surface area contributed by atoms with E-state index in [2.05, 4.69) is 56.4 Å². The number of furan rings is 1. The Morgan fingerprint density at radius 3 is 2.68 bits per heavy atom. The monoisotopic (exact) mass is 342 g/mol. The third-order valence-corrected chi connectivity index (χ3v) is 5.66. The second-order valence-electron chi connectivity index (χ2n) is 7.86. The van der Waals surface area contributed by atoms with E-state index in [0.717, 1.165) is 38.3 Å². The Hall–Kier alpha value is -1.58. The predicted molar refractivity (Wildman–Crippen MR) is 100 cm³/mol. The number of rotatable bonds is 7. The molecule has 1 fully saturated rings. The van der Waals surface area contributed by atoms with Crippen LogP contribution in [0.5, 0.6) is 0 Å². The van der Waals surface area contributed by atoms with E-state index in [0.29, 0.717) is 12.0 Å². The van der Waals surface area contributed by atoms with Gasteiger partial charge in [0, 0.05) is 18.4 Å². The number of hydrogen-bond donors (Lipinski definition) is 1. The van der Waals surface area contributed by atoms with E-state index >= 15 is 0 Å². The summed E-state index contributed by atoms with van der Waals surface area (Å²) in [4.78, 5) is 0. The molecule has 1 aliphatic heterocycles. The summed E-state index contributed by atoms with van der Waals surface area (Å²) in [6.45, 7) is 9.61. The molecule has 2 N–H and O–H groups in total. The predicted octanol–water partition coefficient (Wildman–Crippen LogP) is 3.81. The van der Waals surface area contributed by atoms with Gasteiger partial charge in [-0.15, -0.1) is 0 Å². The van der Waals surface area contributed by atoms with Crippen LogP contribution in [0.15, 0.2) is 47.1 Å². The van der Waals surface area contributed by atoms with Crippen molar-refractivity contribution in [2.75, 3.05) is 13.2 Å². The van der Waals surface area contributed by atoms with Crippen molar-refractivity contribution in [2.45, 2.75) is 58.1 Å². The van der Waals surface area contributed by atoms with Crippen molar-refractivity contribution in [2.24, 2.45) is 5.92 Å². The van der Waals surface area contributed by atoms with Crippen LogP contribution >= 0.6 is 0 Å². The number of benzene rings is 1. The molecule has 3 rings (SSSR count). The minimum atomic E-state index is 0.237. The second-order valence-corrected chi connectivity index (χ2v) is 7.86. The lowest BCUT2D eigenvalue weighted by Crippen LogP contribution is -2.83. The Labute approximate surface area is 151 Å². The van der Waals surface area contributed by atoms with Gasteiger partial charge >= 0.3 is 0 Å². The SMILES string of the molecule is Cc1ccc([C@@]2(CC[NH2+]Cc3ccco3)CCO[C@H](C(C)C)C2)cc1. The van der Waals surface area contributed by atoms with Crippen molar-refractivity contribution in [1.29, 1.82) is 0 Å². The van der Waals surface area contributed by atoms with Crippen LogP contribution in [0, 0.1) is 12.8 Å². The standard InChI is InChI=1S/C22H31NO2/c1-17(2)21-15-22(11-14-25-21,19-8-6-18(3)7-9-19)10-12-23-16-20-5-4-13-24-20/h4-9,13,17,21,23H,10-12,14-16H2,1-3H3/p+1/t21-,22-/m0/s1. The van der Waals surface area contributed by atoms with Gasteiger partial charge in [0.2, 0.25) is 0 Å². The van der Waals surface area contributed by atoms with Crippen molar-refractivity contribution in [1.82, 2.24) is 0 Å². The molecule has 3 heteroatoms. The molecule has 0 aliphatic carbocycles. The maximum Gasteiger partial charge on any atom is 0.157 e. The van der Waals surface area contributed by atoms with Crippen molar-refractivity contribution in [3.63, 3.8) is 0 Å². The molecule has 0 spiro atoms. The molecule has 0 radical (unpaired) electrons. The fraction of sp³-hybridized carbons (Fsp3) is 0.545. The smallest absolute Gasteiger partial charge is 0.157 e. The van der Waals surface area contributed by atoms with Gasteiger partial charge in [-0.2, -0.15) is 0 Å². The fourth-order valence-electron chi connectivity index (χ4n) is 3.97. The van der Waals surface area contributed by atoms with Crippen LogP contribution in [-0.2, 0) is 16.7 Å². The third-order valence-electron chi connectivity index (χ3n) is 5.66. The van der Waals surface area contributed by atoms with Gasteiger partial charge in [-0.3, -0.25) is 0 Å². The van der Waals surface area contributed by atoms with Gasteiger partial charge in [0.25, 0.3) is 0 Å². The Bertz CT molecular complexity index is 633. The first-order valence-electron chi connectivity index (χ1n) is 9.62. The fourth-order valence-corrected chi connectivity index (χ4v) is 3.97. The zero-order valence-electron chi connectivity index (χ0n) is 15.8. The summed E-state index contributed by atoms with van der Waals surface area (Å²) in [5.41, 5.74) is 3.05. The summed E-state index contributed by atoms with van der Waals surface area (Å²) in [7, 11) is 0. The van der Waals surface area contributed by atoms with Gasteiger partial charge < -0.3 is 14.5 Å². The number of ether oxygens (including phenoxy) is 1. The lowest BCUT2D eigenvalue weighted by Gasteiger charge is -2.42. The molecule has 1 aliphatic rings. The zero-order chi connectivity index (χ0) is 17.7. The van der Waals surface area contributed by atoms with Gasteiger partial charge in [-0.05, 0) is 43.4 Å². The Morgan fingerprint density at radius 2 is 2.00 bits per heavy atom. The number of quaternary nitrogens is 1. The molecule has 0 unspecified atom stereocenters. The van der Waals surface area contributed by atoms with E-state index in [-0.39, 0.29) is 5.41 Å². The first-order chi connectivity index (χ1) is 12.1. The number of aryl methyl sites for hydroxylation is 1. The molecule has 1 saturated heterocycles. The van der Waals surface area contributed by atoms with Gasteiger partial charge in [0.15, 0.2) is 5.76 Å².